The van der Waals surface area contributed by atoms with E-state index in [0.29, 0.717) is 5.84 Å². The number of nitrogens with zero attached hydrogens (tertiary/aromatic N) is 2. The predicted molar refractivity (Wildman–Crippen MR) is 204 cm³/mol. The van der Waals surface area contributed by atoms with Crippen LogP contribution in [0.1, 0.15) is 22.9 Å². The van der Waals surface area contributed by atoms with Crippen LogP contribution < -0.4 is 5.32 Å². The van der Waals surface area contributed by atoms with Crippen molar-refractivity contribution in [3.63, 3.8) is 0 Å². The fourth-order valence-corrected chi connectivity index (χ4v) is 7.26. The van der Waals surface area contributed by atoms with Gasteiger partial charge in [0.1, 0.15) is 23.2 Å². The summed E-state index contributed by atoms with van der Waals surface area (Å²) >= 11 is 0. The summed E-state index contributed by atoms with van der Waals surface area (Å²) in [6.45, 7) is 0. The van der Waals surface area contributed by atoms with Crippen LogP contribution in [0.5, 0.6) is 0 Å². The van der Waals surface area contributed by atoms with Gasteiger partial charge in [0.25, 0.3) is 0 Å². The van der Waals surface area contributed by atoms with Gasteiger partial charge in [0, 0.05) is 21.9 Å². The minimum Gasteiger partial charge on any atom is -0.456 e. The largest absolute Gasteiger partial charge is 0.456 e. The summed E-state index contributed by atoms with van der Waals surface area (Å²) in [6, 6.07) is 57.6. The molecule has 2 heterocycles. The Hall–Kier alpha value is -6.52. The quantitative estimate of drug-likeness (QED) is 0.211. The molecule has 1 aliphatic heterocycles. The number of benzene rings is 8. The first-order valence-corrected chi connectivity index (χ1v) is 16.6. The van der Waals surface area contributed by atoms with Gasteiger partial charge in [0.2, 0.25) is 0 Å². The molecule has 0 amide bonds. The van der Waals surface area contributed by atoms with Crippen molar-refractivity contribution in [3.8, 4) is 11.1 Å². The Bertz CT molecular complexity index is 2820. The topological polar surface area (TPSA) is 49.9 Å². The van der Waals surface area contributed by atoms with Crippen LogP contribution in [0.15, 0.2) is 178 Å². The molecule has 1 atom stereocenters. The average molecular weight is 628 g/mol. The van der Waals surface area contributed by atoms with Gasteiger partial charge in [-0.25, -0.2) is 9.98 Å². The molecule has 0 bridgehead atoms. The molecule has 0 saturated heterocycles. The van der Waals surface area contributed by atoms with E-state index in [2.05, 4.69) is 157 Å². The zero-order chi connectivity index (χ0) is 32.3. The average Bonchev–Trinajstić information content (AvgIpc) is 3.55. The van der Waals surface area contributed by atoms with Crippen molar-refractivity contribution in [1.29, 1.82) is 0 Å². The third-order valence-corrected chi connectivity index (χ3v) is 9.69. The molecule has 1 N–H and O–H groups in total. The Morgan fingerprint density at radius 3 is 2.00 bits per heavy atom. The minimum atomic E-state index is -0.335. The number of amidine groups is 2. The maximum atomic E-state index is 6.47. The number of fused-ring (bicyclic) bond motifs is 6. The Morgan fingerprint density at radius 1 is 0.469 bits per heavy atom. The zero-order valence-electron chi connectivity index (χ0n) is 26.5. The summed E-state index contributed by atoms with van der Waals surface area (Å²) in [5, 5.41) is 13.0. The maximum absolute atomic E-state index is 6.47. The van der Waals surface area contributed by atoms with Crippen LogP contribution in [0, 0.1) is 0 Å². The molecule has 0 radical (unpaired) electrons. The zero-order valence-corrected chi connectivity index (χ0v) is 26.5. The van der Waals surface area contributed by atoms with E-state index in [9.17, 15) is 0 Å². The van der Waals surface area contributed by atoms with Gasteiger partial charge in [-0.2, -0.15) is 0 Å². The van der Waals surface area contributed by atoms with Crippen molar-refractivity contribution in [2.24, 2.45) is 9.98 Å². The predicted octanol–water partition coefficient (Wildman–Crippen LogP) is 11.2. The molecule has 230 valence electrons. The lowest BCUT2D eigenvalue weighted by Gasteiger charge is -2.24. The first kappa shape index (κ1) is 27.6. The van der Waals surface area contributed by atoms with Gasteiger partial charge in [0.05, 0.1) is 0 Å². The molecule has 8 aromatic carbocycles. The number of hydrogen-bond donors (Lipinski definition) is 1. The smallest absolute Gasteiger partial charge is 0.159 e. The van der Waals surface area contributed by atoms with Crippen molar-refractivity contribution in [2.75, 3.05) is 0 Å². The van der Waals surface area contributed by atoms with Crippen LogP contribution in [-0.4, -0.2) is 11.7 Å². The highest BCUT2D eigenvalue weighted by atomic mass is 16.3. The fraction of sp³-hybridized carbons (Fsp3) is 0.0222. The van der Waals surface area contributed by atoms with E-state index < -0.39 is 0 Å². The first-order chi connectivity index (χ1) is 24.2. The Morgan fingerprint density at radius 2 is 1.14 bits per heavy atom. The fourth-order valence-electron chi connectivity index (χ4n) is 7.26. The lowest BCUT2D eigenvalue weighted by molar-refractivity contribution is 0.668. The molecule has 0 spiro atoms. The highest BCUT2D eigenvalue weighted by molar-refractivity contribution is 6.22. The summed E-state index contributed by atoms with van der Waals surface area (Å²) in [5.74, 6) is 1.46. The lowest BCUT2D eigenvalue weighted by atomic mass is 9.96. The SMILES string of the molecule is c1ccc2cc(C3=NC(c4ccc5ccccc5c4)NC(c4cccc5oc6ccc(-c7cccc8ccccc78)cc6c45)=N3)ccc2c1. The number of aliphatic imine (C=N–C) groups is 2. The van der Waals surface area contributed by atoms with E-state index in [0.717, 1.165) is 55.4 Å². The molecule has 0 aliphatic carbocycles. The molecule has 1 aromatic heterocycles. The second-order valence-electron chi connectivity index (χ2n) is 12.6. The Kier molecular flexibility index (Phi) is 6.21. The van der Waals surface area contributed by atoms with E-state index in [1.807, 2.05) is 12.1 Å². The highest BCUT2D eigenvalue weighted by Gasteiger charge is 2.24. The monoisotopic (exact) mass is 627 g/mol. The van der Waals surface area contributed by atoms with Crippen LogP contribution >= 0.6 is 0 Å². The summed E-state index contributed by atoms with van der Waals surface area (Å²) in [7, 11) is 0. The van der Waals surface area contributed by atoms with Crippen molar-refractivity contribution < 1.29 is 4.42 Å². The number of hydrogen-bond acceptors (Lipinski definition) is 4. The van der Waals surface area contributed by atoms with E-state index in [4.69, 9.17) is 14.4 Å². The molecule has 0 saturated carbocycles. The Labute approximate surface area is 282 Å². The van der Waals surface area contributed by atoms with Gasteiger partial charge < -0.3 is 9.73 Å². The molecule has 1 unspecified atom stereocenters. The van der Waals surface area contributed by atoms with Gasteiger partial charge in [-0.15, -0.1) is 0 Å². The molecule has 9 aromatic rings. The van der Waals surface area contributed by atoms with Crippen LogP contribution in [0.4, 0.5) is 0 Å². The second-order valence-corrected chi connectivity index (χ2v) is 12.6. The summed E-state index contributed by atoms with van der Waals surface area (Å²) in [5.41, 5.74) is 7.04. The molecule has 4 heteroatoms. The van der Waals surface area contributed by atoms with E-state index in [1.54, 1.807) is 0 Å². The van der Waals surface area contributed by atoms with Gasteiger partial charge in [0.15, 0.2) is 5.84 Å². The van der Waals surface area contributed by atoms with E-state index >= 15 is 0 Å². The number of furan rings is 1. The first-order valence-electron chi connectivity index (χ1n) is 16.6. The molecule has 10 rings (SSSR count). The van der Waals surface area contributed by atoms with Crippen molar-refractivity contribution >= 4 is 65.9 Å². The number of rotatable bonds is 4. The second kappa shape index (κ2) is 11.0. The Balaban J connectivity index is 1.16. The third kappa shape index (κ3) is 4.68. The minimum absolute atomic E-state index is 0.335. The molecule has 1 aliphatic rings. The number of nitrogens with one attached hydrogen (secondary N) is 1. The molecular formula is C45H29N3O. The maximum Gasteiger partial charge on any atom is 0.159 e. The summed E-state index contributed by atoms with van der Waals surface area (Å²) < 4.78 is 6.47. The van der Waals surface area contributed by atoms with Crippen molar-refractivity contribution in [1.82, 2.24) is 5.32 Å². The van der Waals surface area contributed by atoms with Gasteiger partial charge in [-0.05, 0) is 79.3 Å². The van der Waals surface area contributed by atoms with E-state index in [-0.39, 0.29) is 6.17 Å². The normalized spacial score (nSPS) is 14.7. The standard InChI is InChI=1S/C45H29N3O/c1-3-12-31-25-34(21-19-28(31)9-1)43-46-44(35-22-20-29-10-2-4-13-32(29)26-35)48-45(47-43)38-17-8-18-41-42(38)39-27-33(23-24-40(39)49-41)37-16-7-14-30-11-5-6-15-36(30)37/h1-27,43H,(H,46,47,48). The van der Waals surface area contributed by atoms with Crippen LogP contribution in [0.3, 0.4) is 0 Å². The molecule has 4 nitrogen and oxygen atoms in total. The molecule has 49 heavy (non-hydrogen) atoms. The van der Waals surface area contributed by atoms with E-state index in [1.165, 1.54) is 32.5 Å². The van der Waals surface area contributed by atoms with Crippen LogP contribution in [-0.2, 0) is 0 Å². The van der Waals surface area contributed by atoms with Crippen molar-refractivity contribution in [2.45, 2.75) is 6.17 Å². The van der Waals surface area contributed by atoms with Gasteiger partial charge >= 0.3 is 0 Å². The summed E-state index contributed by atoms with van der Waals surface area (Å²) in [4.78, 5) is 10.5. The van der Waals surface area contributed by atoms with Gasteiger partial charge in [-0.1, -0.05) is 133 Å². The molecule has 0 fully saturated rings. The van der Waals surface area contributed by atoms with Crippen molar-refractivity contribution in [3.05, 3.63) is 180 Å². The van der Waals surface area contributed by atoms with Crippen LogP contribution in [0.2, 0.25) is 0 Å². The van der Waals surface area contributed by atoms with Gasteiger partial charge in [-0.3, -0.25) is 0 Å². The highest BCUT2D eigenvalue weighted by Crippen LogP contribution is 2.37. The van der Waals surface area contributed by atoms with Crippen LogP contribution in [0.25, 0.3) is 65.4 Å². The lowest BCUT2D eigenvalue weighted by Crippen LogP contribution is -2.33. The third-order valence-electron chi connectivity index (χ3n) is 9.69. The summed E-state index contributed by atoms with van der Waals surface area (Å²) in [6.07, 6.45) is -0.335. The molecular weight excluding hydrogens is 599 g/mol.